The smallest absolute Gasteiger partial charge is 0.239 e. The number of nitrogens with zero attached hydrogens (tertiary/aromatic N) is 1. The van der Waals surface area contributed by atoms with Crippen LogP contribution in [0, 0.1) is 0 Å². The molecule has 0 aromatic heterocycles. The summed E-state index contributed by atoms with van der Waals surface area (Å²) < 4.78 is 24.3. The van der Waals surface area contributed by atoms with E-state index in [-0.39, 0.29) is 24.4 Å². The predicted molar refractivity (Wildman–Crippen MR) is 90.4 cm³/mol. The van der Waals surface area contributed by atoms with Gasteiger partial charge in [0.1, 0.15) is 0 Å². The van der Waals surface area contributed by atoms with E-state index < -0.39 is 10.0 Å². The van der Waals surface area contributed by atoms with E-state index in [2.05, 4.69) is 32.7 Å². The van der Waals surface area contributed by atoms with Crippen LogP contribution in [0.3, 0.4) is 0 Å². The van der Waals surface area contributed by atoms with Gasteiger partial charge in [-0.3, -0.25) is 4.79 Å². The van der Waals surface area contributed by atoms with Crippen molar-refractivity contribution in [2.24, 2.45) is 0 Å². The highest BCUT2D eigenvalue weighted by atomic mass is 32.2. The maximum absolute atomic E-state index is 12.2. The largest absolute Gasteiger partial charge is 0.325 e. The number of carbonyl (C=O) groups excluding carboxylic acids is 1. The zero-order chi connectivity index (χ0) is 17.0. The monoisotopic (exact) mass is 324 g/mol. The van der Waals surface area contributed by atoms with Crippen molar-refractivity contribution in [1.82, 2.24) is 4.31 Å². The molecule has 1 rings (SSSR count). The molecule has 0 aliphatic carbocycles. The molecule has 0 saturated heterocycles. The maximum Gasteiger partial charge on any atom is 0.239 e. The molecule has 0 radical (unpaired) electrons. The topological polar surface area (TPSA) is 66.5 Å². The fourth-order valence-corrected chi connectivity index (χ4v) is 2.79. The number of hydrogen-bond donors (Lipinski definition) is 1. The summed E-state index contributed by atoms with van der Waals surface area (Å²) in [6.07, 6.45) is 2.53. The van der Waals surface area contributed by atoms with Crippen LogP contribution in [0.4, 0.5) is 5.69 Å². The standard InChI is InChI=1S/C16H24N2O3S/c1-6-11-18(22(5,20)21)12-15(19)17-14-10-8-7-9-13(14)16(2,3)4/h6-10H,1,11-12H2,2-5H3,(H,17,19). The molecule has 1 aromatic carbocycles. The Morgan fingerprint density at radius 3 is 2.41 bits per heavy atom. The Labute approximate surface area is 133 Å². The normalized spacial score (nSPS) is 12.2. The van der Waals surface area contributed by atoms with Crippen LogP contribution >= 0.6 is 0 Å². The Bertz CT molecular complexity index is 646. The number of rotatable bonds is 6. The Balaban J connectivity index is 2.92. The molecule has 0 aliphatic heterocycles. The molecule has 0 spiro atoms. The third-order valence-corrected chi connectivity index (χ3v) is 4.35. The number of sulfonamides is 1. The third kappa shape index (κ3) is 5.27. The number of para-hydroxylation sites is 1. The first-order valence-electron chi connectivity index (χ1n) is 7.01. The van der Waals surface area contributed by atoms with Gasteiger partial charge in [0, 0.05) is 12.2 Å². The van der Waals surface area contributed by atoms with Crippen molar-refractivity contribution in [2.75, 3.05) is 24.7 Å². The molecule has 0 unspecified atom stereocenters. The van der Waals surface area contributed by atoms with Gasteiger partial charge in [-0.1, -0.05) is 45.0 Å². The van der Waals surface area contributed by atoms with Gasteiger partial charge < -0.3 is 5.32 Å². The molecular weight excluding hydrogens is 300 g/mol. The zero-order valence-electron chi connectivity index (χ0n) is 13.6. The number of hydrogen-bond acceptors (Lipinski definition) is 3. The Kier molecular flexibility index (Phi) is 5.91. The minimum Gasteiger partial charge on any atom is -0.325 e. The molecule has 1 amide bonds. The molecule has 6 heteroatoms. The first-order chi connectivity index (χ1) is 10.1. The summed E-state index contributed by atoms with van der Waals surface area (Å²) >= 11 is 0. The highest BCUT2D eigenvalue weighted by molar-refractivity contribution is 7.88. The fraction of sp³-hybridized carbons (Fsp3) is 0.438. The van der Waals surface area contributed by atoms with Gasteiger partial charge in [-0.25, -0.2) is 8.42 Å². The van der Waals surface area contributed by atoms with E-state index in [1.807, 2.05) is 24.3 Å². The summed E-state index contributed by atoms with van der Waals surface area (Å²) in [4.78, 5) is 12.2. The molecule has 22 heavy (non-hydrogen) atoms. The summed E-state index contributed by atoms with van der Waals surface area (Å²) in [7, 11) is -3.45. The summed E-state index contributed by atoms with van der Waals surface area (Å²) in [6.45, 7) is 9.55. The fourth-order valence-electron chi connectivity index (χ4n) is 2.06. The Morgan fingerprint density at radius 2 is 1.91 bits per heavy atom. The SMILES string of the molecule is C=CCN(CC(=O)Nc1ccccc1C(C)(C)C)S(C)(=O)=O. The quantitative estimate of drug-likeness (QED) is 0.817. The molecule has 1 N–H and O–H groups in total. The second-order valence-electron chi connectivity index (χ2n) is 6.19. The van der Waals surface area contributed by atoms with Crippen molar-refractivity contribution in [1.29, 1.82) is 0 Å². The number of amides is 1. The third-order valence-electron chi connectivity index (χ3n) is 3.13. The summed E-state index contributed by atoms with van der Waals surface area (Å²) in [5.74, 6) is -0.371. The molecule has 0 bridgehead atoms. The average Bonchev–Trinajstić information content (AvgIpc) is 2.36. The van der Waals surface area contributed by atoms with Gasteiger partial charge in [-0.15, -0.1) is 6.58 Å². The van der Waals surface area contributed by atoms with Gasteiger partial charge in [-0.2, -0.15) is 4.31 Å². The number of anilines is 1. The van der Waals surface area contributed by atoms with Gasteiger partial charge >= 0.3 is 0 Å². The van der Waals surface area contributed by atoms with E-state index in [1.54, 1.807) is 0 Å². The summed E-state index contributed by atoms with van der Waals surface area (Å²) in [5, 5.41) is 2.80. The second kappa shape index (κ2) is 7.07. The molecule has 0 atom stereocenters. The van der Waals surface area contributed by atoms with Gasteiger partial charge in [-0.05, 0) is 17.0 Å². The van der Waals surface area contributed by atoms with Crippen LogP contribution in [0.5, 0.6) is 0 Å². The van der Waals surface area contributed by atoms with Crippen LogP contribution in [0.25, 0.3) is 0 Å². The predicted octanol–water partition coefficient (Wildman–Crippen LogP) is 2.37. The lowest BCUT2D eigenvalue weighted by Gasteiger charge is -2.24. The minimum absolute atomic E-state index is 0.104. The van der Waals surface area contributed by atoms with Gasteiger partial charge in [0.25, 0.3) is 0 Å². The second-order valence-corrected chi connectivity index (χ2v) is 8.17. The Morgan fingerprint density at radius 1 is 1.32 bits per heavy atom. The highest BCUT2D eigenvalue weighted by Crippen LogP contribution is 2.29. The van der Waals surface area contributed by atoms with Crippen molar-refractivity contribution in [2.45, 2.75) is 26.2 Å². The van der Waals surface area contributed by atoms with Crippen LogP contribution in [-0.2, 0) is 20.2 Å². The molecule has 0 aliphatic rings. The van der Waals surface area contributed by atoms with Gasteiger partial charge in [0.2, 0.25) is 15.9 Å². The van der Waals surface area contributed by atoms with Crippen LogP contribution in [0.2, 0.25) is 0 Å². The minimum atomic E-state index is -3.45. The van der Waals surface area contributed by atoms with Crippen molar-refractivity contribution < 1.29 is 13.2 Å². The lowest BCUT2D eigenvalue weighted by atomic mass is 9.86. The van der Waals surface area contributed by atoms with Crippen molar-refractivity contribution in [3.05, 3.63) is 42.5 Å². The van der Waals surface area contributed by atoms with E-state index in [9.17, 15) is 13.2 Å². The molecule has 5 nitrogen and oxygen atoms in total. The van der Waals surface area contributed by atoms with E-state index in [0.717, 1.165) is 16.1 Å². The van der Waals surface area contributed by atoms with Gasteiger partial charge in [0.15, 0.2) is 0 Å². The summed E-state index contributed by atoms with van der Waals surface area (Å²) in [6, 6.07) is 7.52. The number of benzene rings is 1. The van der Waals surface area contributed by atoms with E-state index in [0.29, 0.717) is 5.69 Å². The van der Waals surface area contributed by atoms with E-state index in [1.165, 1.54) is 6.08 Å². The van der Waals surface area contributed by atoms with Crippen molar-refractivity contribution in [3.8, 4) is 0 Å². The molecule has 0 fully saturated rings. The van der Waals surface area contributed by atoms with E-state index >= 15 is 0 Å². The summed E-state index contributed by atoms with van der Waals surface area (Å²) in [5.41, 5.74) is 1.58. The number of carbonyl (C=O) groups is 1. The van der Waals surface area contributed by atoms with Crippen LogP contribution in [-0.4, -0.2) is 38.0 Å². The van der Waals surface area contributed by atoms with Gasteiger partial charge in [0.05, 0.1) is 12.8 Å². The molecule has 122 valence electrons. The zero-order valence-corrected chi connectivity index (χ0v) is 14.4. The van der Waals surface area contributed by atoms with Crippen LogP contribution < -0.4 is 5.32 Å². The molecular formula is C16H24N2O3S. The van der Waals surface area contributed by atoms with Crippen LogP contribution in [0.15, 0.2) is 36.9 Å². The number of nitrogens with one attached hydrogen (secondary N) is 1. The average molecular weight is 324 g/mol. The van der Waals surface area contributed by atoms with Crippen molar-refractivity contribution in [3.63, 3.8) is 0 Å². The highest BCUT2D eigenvalue weighted by Gasteiger charge is 2.21. The van der Waals surface area contributed by atoms with Crippen molar-refractivity contribution >= 4 is 21.6 Å². The van der Waals surface area contributed by atoms with Crippen LogP contribution in [0.1, 0.15) is 26.3 Å². The first kappa shape index (κ1) is 18.4. The lowest BCUT2D eigenvalue weighted by Crippen LogP contribution is -2.37. The van der Waals surface area contributed by atoms with E-state index in [4.69, 9.17) is 0 Å². The lowest BCUT2D eigenvalue weighted by molar-refractivity contribution is -0.116. The Hall–Kier alpha value is -1.66. The molecule has 0 saturated carbocycles. The maximum atomic E-state index is 12.2. The molecule has 1 aromatic rings. The first-order valence-corrected chi connectivity index (χ1v) is 8.86. The molecule has 0 heterocycles.